The molecule has 0 radical (unpaired) electrons. The van der Waals surface area contributed by atoms with Gasteiger partial charge in [0.15, 0.2) is 76.0 Å². The van der Waals surface area contributed by atoms with Crippen LogP contribution in [0.5, 0.6) is 0 Å². The zero-order valence-corrected chi connectivity index (χ0v) is 37.1. The first kappa shape index (κ1) is 52.4. The zero-order valence-electron chi connectivity index (χ0n) is 37.1. The minimum Gasteiger partial charge on any atom is -0.287 e. The summed E-state index contributed by atoms with van der Waals surface area (Å²) in [5, 5.41) is 7.69. The number of pyridine rings is 1. The van der Waals surface area contributed by atoms with Gasteiger partial charge in [-0.2, -0.15) is 4.57 Å². The Hall–Kier alpha value is -8.50. The Morgan fingerprint density at radius 1 is 0.316 bits per heavy atom. The van der Waals surface area contributed by atoms with E-state index < -0.39 is 144 Å². The predicted octanol–water partition coefficient (Wildman–Crippen LogP) is 12.3. The van der Waals surface area contributed by atoms with Crippen LogP contribution in [0.15, 0.2) is 109 Å². The van der Waals surface area contributed by atoms with E-state index in [1.165, 1.54) is 5.39 Å². The fraction of sp³-hybridized carbons (Fsp3) is 0.0189. The van der Waals surface area contributed by atoms with Gasteiger partial charge in [-0.15, -0.1) is 21.9 Å². The van der Waals surface area contributed by atoms with E-state index in [1.807, 2.05) is 47.2 Å². The van der Waals surface area contributed by atoms with Crippen molar-refractivity contribution in [2.24, 2.45) is 0 Å². The summed E-state index contributed by atoms with van der Waals surface area (Å²) in [5.74, 6) is -71.3. The first-order chi connectivity index (χ1) is 36.0. The first-order valence-electron chi connectivity index (χ1n) is 21.5. The lowest BCUT2D eigenvalue weighted by Crippen LogP contribution is -2.81. The molecule has 0 spiro atoms. The molecule has 1 heterocycles. The van der Waals surface area contributed by atoms with Gasteiger partial charge in [-0.05, 0) is 62.6 Å². The standard InChI is InChI=1S/C29H20NO.C24BF20/c31-28(19-30-15-7-12-20-8-4-6-14-27(20)30)29-25-13-5-3-11-23(25)17-24-16-21-9-1-2-10-22(21)18-26(24)29;26-5-1(6(27)14(35)21(42)13(5)34)25(2-7(28)15(36)22(43)16(37)8(2)29,3-9(30)17(38)23(44)18(39)10(3)31)4-11(32)19(40)24(45)20(41)12(4)33/h1-18H,19H2;/q+1;-1. The van der Waals surface area contributed by atoms with E-state index in [4.69, 9.17) is 0 Å². The summed E-state index contributed by atoms with van der Waals surface area (Å²) in [4.78, 5) is 13.8. The molecule has 0 N–H and O–H groups in total. The molecule has 0 amide bonds. The normalized spacial score (nSPS) is 11.8. The van der Waals surface area contributed by atoms with Crippen LogP contribution in [0.25, 0.3) is 43.2 Å². The Labute approximate surface area is 411 Å². The number of halogens is 20. The molecule has 76 heavy (non-hydrogen) atoms. The summed E-state index contributed by atoms with van der Waals surface area (Å²) in [6.45, 7) is 0.303. The number of para-hydroxylation sites is 1. The number of Topliss-reactive ketones (excluding diaryl/α,β-unsaturated/α-hetero) is 1. The fourth-order valence-corrected chi connectivity index (χ4v) is 9.52. The van der Waals surface area contributed by atoms with Crippen LogP contribution in [0.3, 0.4) is 0 Å². The topological polar surface area (TPSA) is 20.9 Å². The summed E-state index contributed by atoms with van der Waals surface area (Å²) in [6.07, 6.45) is -5.23. The third-order valence-corrected chi connectivity index (χ3v) is 12.8. The minimum absolute atomic E-state index is 0.124. The number of ketones is 1. The second-order valence-corrected chi connectivity index (χ2v) is 16.8. The van der Waals surface area contributed by atoms with Crippen molar-refractivity contribution in [1.82, 2.24) is 0 Å². The number of benzene rings is 9. The van der Waals surface area contributed by atoms with Gasteiger partial charge in [0.05, 0.1) is 0 Å². The predicted molar refractivity (Wildman–Crippen MR) is 237 cm³/mol. The summed E-state index contributed by atoms with van der Waals surface area (Å²) >= 11 is 0. The van der Waals surface area contributed by atoms with Crippen molar-refractivity contribution in [3.05, 3.63) is 231 Å². The highest BCUT2D eigenvalue weighted by Gasteiger charge is 2.52. The van der Waals surface area contributed by atoms with Crippen LogP contribution in [0.2, 0.25) is 0 Å². The summed E-state index contributed by atoms with van der Waals surface area (Å²) in [6, 6.07) is 35.3. The molecule has 0 saturated carbocycles. The van der Waals surface area contributed by atoms with Crippen molar-refractivity contribution >= 4 is 77.0 Å². The molecule has 386 valence electrons. The number of carbonyl (C=O) groups is 1. The fourth-order valence-electron chi connectivity index (χ4n) is 9.52. The number of rotatable bonds is 7. The van der Waals surface area contributed by atoms with Crippen molar-refractivity contribution in [3.63, 3.8) is 0 Å². The molecule has 0 aliphatic heterocycles. The Kier molecular flexibility index (Phi) is 13.3. The number of nitrogens with zero attached hydrogens (tertiary/aromatic N) is 1. The Balaban J connectivity index is 0.000000197. The maximum absolute atomic E-state index is 15.4. The second kappa shape index (κ2) is 19.3. The molecular weight excluding hydrogens is 1060 g/mol. The van der Waals surface area contributed by atoms with Crippen LogP contribution in [-0.2, 0) is 6.54 Å². The van der Waals surface area contributed by atoms with Gasteiger partial charge in [0.2, 0.25) is 17.8 Å². The molecule has 10 rings (SSSR count). The average Bonchev–Trinajstić information content (AvgIpc) is 3.54. The maximum Gasteiger partial charge on any atom is 0.228 e. The highest BCUT2D eigenvalue weighted by Crippen LogP contribution is 2.34. The number of hydrogen-bond donors (Lipinski definition) is 0. The number of fused-ring (bicyclic) bond motifs is 4. The van der Waals surface area contributed by atoms with Crippen LogP contribution in [-0.4, -0.2) is 11.9 Å². The molecule has 0 atom stereocenters. The van der Waals surface area contributed by atoms with E-state index in [9.17, 15) is 57.5 Å². The summed E-state index contributed by atoms with van der Waals surface area (Å²) in [7, 11) is 0. The highest BCUT2D eigenvalue weighted by atomic mass is 19.2. The smallest absolute Gasteiger partial charge is 0.228 e. The lowest BCUT2D eigenvalue weighted by Gasteiger charge is -2.44. The largest absolute Gasteiger partial charge is 0.287 e. The van der Waals surface area contributed by atoms with Crippen molar-refractivity contribution in [2.45, 2.75) is 6.54 Å². The first-order valence-corrected chi connectivity index (χ1v) is 21.5. The van der Waals surface area contributed by atoms with Crippen LogP contribution in [0.1, 0.15) is 10.4 Å². The van der Waals surface area contributed by atoms with E-state index >= 15 is 35.1 Å². The molecule has 23 heteroatoms. The molecule has 0 unspecified atom stereocenters. The van der Waals surface area contributed by atoms with E-state index in [0.29, 0.717) is 6.54 Å². The number of hydrogen-bond acceptors (Lipinski definition) is 1. The monoisotopic (exact) mass is 1080 g/mol. The number of carbonyl (C=O) groups excluding carboxylic acids is 1. The Morgan fingerprint density at radius 3 is 1.03 bits per heavy atom. The highest BCUT2D eigenvalue weighted by molar-refractivity contribution is 7.20. The maximum atomic E-state index is 15.4. The van der Waals surface area contributed by atoms with Crippen molar-refractivity contribution in [2.75, 3.05) is 0 Å². The van der Waals surface area contributed by atoms with Crippen LogP contribution in [0, 0.1) is 116 Å². The molecule has 10 aromatic rings. The molecule has 0 aliphatic carbocycles. The molecule has 2 nitrogen and oxygen atoms in total. The van der Waals surface area contributed by atoms with Crippen LogP contribution < -0.4 is 26.4 Å². The van der Waals surface area contributed by atoms with Gasteiger partial charge in [-0.25, -0.2) is 87.8 Å². The van der Waals surface area contributed by atoms with E-state index in [-0.39, 0.29) is 5.78 Å². The molecule has 1 aromatic heterocycles. The van der Waals surface area contributed by atoms with Crippen molar-refractivity contribution < 1.29 is 97.2 Å². The van der Waals surface area contributed by atoms with Gasteiger partial charge in [0, 0.05) is 23.1 Å². The molecular formula is C53H20BF20NO. The van der Waals surface area contributed by atoms with E-state index in [0.717, 1.165) is 43.4 Å². The number of aromatic nitrogens is 1. The van der Waals surface area contributed by atoms with Crippen molar-refractivity contribution in [3.8, 4) is 0 Å². The van der Waals surface area contributed by atoms with E-state index in [2.05, 4.69) is 66.7 Å². The third kappa shape index (κ3) is 7.84. The third-order valence-electron chi connectivity index (χ3n) is 12.8. The lowest BCUT2D eigenvalue weighted by molar-refractivity contribution is -0.657. The van der Waals surface area contributed by atoms with Gasteiger partial charge in [0.1, 0.15) is 52.7 Å². The van der Waals surface area contributed by atoms with Gasteiger partial charge in [-0.3, -0.25) is 4.79 Å². The Morgan fingerprint density at radius 2 is 0.618 bits per heavy atom. The van der Waals surface area contributed by atoms with Gasteiger partial charge >= 0.3 is 0 Å². The lowest BCUT2D eigenvalue weighted by atomic mass is 9.12. The van der Waals surface area contributed by atoms with Crippen molar-refractivity contribution in [1.29, 1.82) is 0 Å². The van der Waals surface area contributed by atoms with Gasteiger partial charge in [0.25, 0.3) is 0 Å². The minimum atomic E-state index is -7.22. The molecule has 0 saturated heterocycles. The van der Waals surface area contributed by atoms with Crippen LogP contribution in [0.4, 0.5) is 87.8 Å². The molecule has 0 aliphatic rings. The second-order valence-electron chi connectivity index (χ2n) is 16.8. The zero-order chi connectivity index (χ0) is 55.1. The van der Waals surface area contributed by atoms with Crippen LogP contribution >= 0.6 is 0 Å². The van der Waals surface area contributed by atoms with Gasteiger partial charge < -0.3 is 0 Å². The quantitative estimate of drug-likeness (QED) is 0.0296. The summed E-state index contributed by atoms with van der Waals surface area (Å²) in [5.41, 5.74) is -12.5. The molecule has 9 aromatic carbocycles. The average molecular weight is 1080 g/mol. The molecule has 0 bridgehead atoms. The van der Waals surface area contributed by atoms with Gasteiger partial charge in [-0.1, -0.05) is 60.7 Å². The van der Waals surface area contributed by atoms with E-state index in [1.54, 1.807) is 0 Å². The summed E-state index contributed by atoms with van der Waals surface area (Å²) < 4.78 is 296. The Bertz CT molecular complexity index is 3740. The SMILES string of the molecule is Fc1c(F)c(F)c([B-](c2c(F)c(F)c(F)c(F)c2F)(c2c(F)c(F)c(F)c(F)c2F)c2c(F)c(F)c(F)c(F)c2F)c(F)c1F.O=C(C[n+]1cccc2ccccc21)c1c2ccccc2cc2cc3ccccc3cc12. The molecule has 0 fully saturated rings.